The summed E-state index contributed by atoms with van der Waals surface area (Å²) in [6.07, 6.45) is -0.916. The number of alkyl halides is 3. The summed E-state index contributed by atoms with van der Waals surface area (Å²) in [4.78, 5) is 22.1. The molecule has 0 spiro atoms. The zero-order chi connectivity index (χ0) is 19.3. The highest BCUT2D eigenvalue weighted by atomic mass is 19.4. The largest absolute Gasteiger partial charge is 0.478 e. The van der Waals surface area contributed by atoms with Gasteiger partial charge in [-0.2, -0.15) is 13.2 Å². The molecule has 0 aliphatic carbocycles. The Labute approximate surface area is 148 Å². The van der Waals surface area contributed by atoms with Crippen molar-refractivity contribution in [2.45, 2.75) is 12.6 Å². The molecule has 0 aliphatic rings. The first kappa shape index (κ1) is 19.2. The van der Waals surface area contributed by atoms with Gasteiger partial charge in [-0.25, -0.2) is 4.79 Å². The molecule has 0 saturated carbocycles. The minimum absolute atomic E-state index is 0.0165. The van der Waals surface area contributed by atoms with E-state index in [4.69, 9.17) is 5.11 Å². The SMILES string of the molecule is C=CCc1ccc(-c2cccc(/C=C/C(=O)O)c2)c(C=O)c1C(F)(F)F. The zero-order valence-electron chi connectivity index (χ0n) is 13.6. The highest BCUT2D eigenvalue weighted by Gasteiger charge is 2.37. The number of rotatable bonds is 6. The van der Waals surface area contributed by atoms with Crippen LogP contribution in [0.3, 0.4) is 0 Å². The van der Waals surface area contributed by atoms with Crippen LogP contribution in [0.25, 0.3) is 17.2 Å². The predicted octanol–water partition coefficient (Wildman–Crippen LogP) is 5.01. The molecule has 0 amide bonds. The molecule has 0 fully saturated rings. The number of halogens is 3. The van der Waals surface area contributed by atoms with E-state index in [1.807, 2.05) is 0 Å². The van der Waals surface area contributed by atoms with Gasteiger partial charge < -0.3 is 5.11 Å². The Kier molecular flexibility index (Phi) is 5.77. The van der Waals surface area contributed by atoms with E-state index >= 15 is 0 Å². The number of carbonyl (C=O) groups excluding carboxylic acids is 1. The highest BCUT2D eigenvalue weighted by molar-refractivity contribution is 5.91. The molecule has 0 radical (unpaired) electrons. The third kappa shape index (κ3) is 4.27. The van der Waals surface area contributed by atoms with Crippen molar-refractivity contribution in [1.82, 2.24) is 0 Å². The average molecular weight is 360 g/mol. The molecule has 26 heavy (non-hydrogen) atoms. The van der Waals surface area contributed by atoms with Crippen LogP contribution in [-0.4, -0.2) is 17.4 Å². The van der Waals surface area contributed by atoms with Gasteiger partial charge in [0.2, 0.25) is 0 Å². The lowest BCUT2D eigenvalue weighted by Gasteiger charge is -2.17. The molecule has 0 unspecified atom stereocenters. The molecule has 0 bridgehead atoms. The maximum absolute atomic E-state index is 13.5. The quantitative estimate of drug-likeness (QED) is 0.447. The van der Waals surface area contributed by atoms with E-state index in [2.05, 4.69) is 6.58 Å². The van der Waals surface area contributed by atoms with Crippen molar-refractivity contribution in [3.63, 3.8) is 0 Å². The number of aliphatic carboxylic acids is 1. The number of carbonyl (C=O) groups is 2. The molecule has 0 saturated heterocycles. The highest BCUT2D eigenvalue weighted by Crippen LogP contribution is 2.39. The normalized spacial score (nSPS) is 11.5. The summed E-state index contributed by atoms with van der Waals surface area (Å²) in [6.45, 7) is 3.45. The van der Waals surface area contributed by atoms with Crippen molar-refractivity contribution in [1.29, 1.82) is 0 Å². The van der Waals surface area contributed by atoms with Crippen molar-refractivity contribution in [2.75, 3.05) is 0 Å². The van der Waals surface area contributed by atoms with Gasteiger partial charge >= 0.3 is 12.1 Å². The standard InChI is InChI=1S/C20H15F3O3/c1-2-4-14-8-9-16(17(12-24)19(14)20(21,22)23)15-6-3-5-13(11-15)7-10-18(25)26/h2-3,5-12H,1,4H2,(H,25,26)/b10-7+. The summed E-state index contributed by atoms with van der Waals surface area (Å²) in [5.41, 5.74) is -0.445. The summed E-state index contributed by atoms with van der Waals surface area (Å²) < 4.78 is 40.6. The Morgan fingerprint density at radius 1 is 1.19 bits per heavy atom. The molecule has 134 valence electrons. The number of hydrogen-bond acceptors (Lipinski definition) is 2. The molecule has 6 heteroatoms. The average Bonchev–Trinajstić information content (AvgIpc) is 2.59. The third-order valence-corrected chi connectivity index (χ3v) is 3.71. The first-order valence-electron chi connectivity index (χ1n) is 7.58. The van der Waals surface area contributed by atoms with Crippen LogP contribution in [0.5, 0.6) is 0 Å². The maximum atomic E-state index is 13.5. The molecule has 2 rings (SSSR count). The van der Waals surface area contributed by atoms with E-state index in [1.165, 1.54) is 30.4 Å². The smallest absolute Gasteiger partial charge is 0.417 e. The van der Waals surface area contributed by atoms with Gasteiger partial charge in [0.25, 0.3) is 0 Å². The molecule has 0 aliphatic heterocycles. The second-order valence-electron chi connectivity index (χ2n) is 5.47. The Balaban J connectivity index is 2.67. The molecule has 2 aromatic carbocycles. The van der Waals surface area contributed by atoms with Crippen molar-refractivity contribution < 1.29 is 27.9 Å². The van der Waals surface area contributed by atoms with Crippen molar-refractivity contribution in [3.05, 3.63) is 77.4 Å². The summed E-state index contributed by atoms with van der Waals surface area (Å²) >= 11 is 0. The Morgan fingerprint density at radius 2 is 1.92 bits per heavy atom. The second-order valence-corrected chi connectivity index (χ2v) is 5.47. The predicted molar refractivity (Wildman–Crippen MR) is 92.8 cm³/mol. The fourth-order valence-electron chi connectivity index (χ4n) is 2.68. The van der Waals surface area contributed by atoms with E-state index in [0.717, 1.165) is 6.08 Å². The van der Waals surface area contributed by atoms with Gasteiger partial charge in [-0.3, -0.25) is 4.79 Å². The second kappa shape index (κ2) is 7.82. The van der Waals surface area contributed by atoms with Crippen LogP contribution in [0, 0.1) is 0 Å². The van der Waals surface area contributed by atoms with E-state index in [9.17, 15) is 22.8 Å². The Morgan fingerprint density at radius 3 is 2.50 bits per heavy atom. The number of aldehydes is 1. The Bertz CT molecular complexity index is 880. The first-order chi connectivity index (χ1) is 12.3. The third-order valence-electron chi connectivity index (χ3n) is 3.71. The van der Waals surface area contributed by atoms with Gasteiger partial charge in [-0.05, 0) is 40.8 Å². The molecule has 0 heterocycles. The molecular formula is C20H15F3O3. The van der Waals surface area contributed by atoms with Crippen LogP contribution in [0.2, 0.25) is 0 Å². The van der Waals surface area contributed by atoms with Crippen LogP contribution < -0.4 is 0 Å². The minimum atomic E-state index is -4.69. The van der Waals surface area contributed by atoms with Gasteiger partial charge in [0.1, 0.15) is 0 Å². The zero-order valence-corrected chi connectivity index (χ0v) is 13.6. The van der Waals surface area contributed by atoms with Gasteiger partial charge in [0.05, 0.1) is 5.56 Å². The fourth-order valence-corrected chi connectivity index (χ4v) is 2.68. The first-order valence-corrected chi connectivity index (χ1v) is 7.58. The Hall–Kier alpha value is -3.15. The molecule has 0 atom stereocenters. The summed E-state index contributed by atoms with van der Waals surface area (Å²) in [5, 5.41) is 8.68. The summed E-state index contributed by atoms with van der Waals surface area (Å²) in [6, 6.07) is 9.06. The van der Waals surface area contributed by atoms with Gasteiger partial charge in [0, 0.05) is 11.6 Å². The van der Waals surface area contributed by atoms with Crippen LogP contribution >= 0.6 is 0 Å². The topological polar surface area (TPSA) is 54.4 Å². The van der Waals surface area contributed by atoms with Crippen LogP contribution in [0.15, 0.2) is 55.1 Å². The molecule has 3 nitrogen and oxygen atoms in total. The lowest BCUT2D eigenvalue weighted by Crippen LogP contribution is -2.14. The van der Waals surface area contributed by atoms with Crippen molar-refractivity contribution in [3.8, 4) is 11.1 Å². The van der Waals surface area contributed by atoms with E-state index < -0.39 is 23.3 Å². The minimum Gasteiger partial charge on any atom is -0.478 e. The number of allylic oxidation sites excluding steroid dienone is 1. The number of carboxylic acid groups (broad SMARTS) is 1. The number of benzene rings is 2. The van der Waals surface area contributed by atoms with Crippen LogP contribution in [0.1, 0.15) is 27.0 Å². The van der Waals surface area contributed by atoms with Gasteiger partial charge in [-0.1, -0.05) is 36.4 Å². The van der Waals surface area contributed by atoms with E-state index in [1.54, 1.807) is 18.2 Å². The van der Waals surface area contributed by atoms with Gasteiger partial charge in [-0.15, -0.1) is 6.58 Å². The molecule has 1 N–H and O–H groups in total. The lowest BCUT2D eigenvalue weighted by molar-refractivity contribution is -0.138. The lowest BCUT2D eigenvalue weighted by atomic mass is 9.90. The number of carboxylic acids is 1. The summed E-state index contributed by atoms with van der Waals surface area (Å²) in [5.74, 6) is -1.14. The van der Waals surface area contributed by atoms with E-state index in [0.29, 0.717) is 11.1 Å². The van der Waals surface area contributed by atoms with Crippen molar-refractivity contribution >= 4 is 18.3 Å². The van der Waals surface area contributed by atoms with Crippen molar-refractivity contribution in [2.24, 2.45) is 0 Å². The van der Waals surface area contributed by atoms with Crippen LogP contribution in [-0.2, 0) is 17.4 Å². The van der Waals surface area contributed by atoms with Gasteiger partial charge in [0.15, 0.2) is 6.29 Å². The maximum Gasteiger partial charge on any atom is 0.417 e. The summed E-state index contributed by atoms with van der Waals surface area (Å²) in [7, 11) is 0. The fraction of sp³-hybridized carbons (Fsp3) is 0.100. The number of hydrogen-bond donors (Lipinski definition) is 1. The molecule has 2 aromatic rings. The van der Waals surface area contributed by atoms with Crippen LogP contribution in [0.4, 0.5) is 13.2 Å². The molecule has 0 aromatic heterocycles. The molecular weight excluding hydrogens is 345 g/mol. The monoisotopic (exact) mass is 360 g/mol. The van der Waals surface area contributed by atoms with E-state index in [-0.39, 0.29) is 23.8 Å².